The molecule has 2 fully saturated rings. The molecule has 136 valence electrons. The number of carbonyl (C=O) groups excluding carboxylic acids is 2. The molecule has 25 heavy (non-hydrogen) atoms. The monoisotopic (exact) mass is 347 g/mol. The lowest BCUT2D eigenvalue weighted by Gasteiger charge is -2.38. The van der Waals surface area contributed by atoms with Crippen LogP contribution in [0.25, 0.3) is 0 Å². The normalized spacial score (nSPS) is 25.0. The van der Waals surface area contributed by atoms with Crippen LogP contribution in [-0.4, -0.2) is 80.8 Å². The van der Waals surface area contributed by atoms with Gasteiger partial charge in [0.05, 0.1) is 19.3 Å². The highest BCUT2D eigenvalue weighted by Gasteiger charge is 2.39. The van der Waals surface area contributed by atoms with Crippen LogP contribution in [0.2, 0.25) is 0 Å². The average Bonchev–Trinajstić information content (AvgIpc) is 2.65. The van der Waals surface area contributed by atoms with Crippen molar-refractivity contribution in [3.05, 3.63) is 35.9 Å². The van der Waals surface area contributed by atoms with Gasteiger partial charge in [0, 0.05) is 33.2 Å². The molecule has 2 unspecified atom stereocenters. The number of rotatable bonds is 5. The molecule has 0 aromatic heterocycles. The van der Waals surface area contributed by atoms with Crippen molar-refractivity contribution in [2.75, 3.05) is 53.0 Å². The molecule has 0 saturated carbocycles. The summed E-state index contributed by atoms with van der Waals surface area (Å²) >= 11 is 0. The van der Waals surface area contributed by atoms with Gasteiger partial charge in [-0.15, -0.1) is 0 Å². The largest absolute Gasteiger partial charge is 0.379 e. The fourth-order valence-electron chi connectivity index (χ4n) is 3.24. The Kier molecular flexibility index (Phi) is 6.01. The van der Waals surface area contributed by atoms with Gasteiger partial charge >= 0.3 is 0 Å². The smallest absolute Gasteiger partial charge is 0.251 e. The van der Waals surface area contributed by atoms with Crippen LogP contribution in [0, 0.1) is 0 Å². The first-order chi connectivity index (χ1) is 12.2. The van der Waals surface area contributed by atoms with Crippen LogP contribution in [-0.2, 0) is 19.1 Å². The molecule has 2 atom stereocenters. The number of likely N-dealkylation sites (N-methyl/N-ethyl adjacent to an activating group) is 1. The fourth-order valence-corrected chi connectivity index (χ4v) is 3.24. The van der Waals surface area contributed by atoms with Crippen molar-refractivity contribution in [1.29, 1.82) is 0 Å². The van der Waals surface area contributed by atoms with E-state index in [0.29, 0.717) is 6.54 Å². The van der Waals surface area contributed by atoms with Crippen LogP contribution < -0.4 is 5.32 Å². The summed E-state index contributed by atoms with van der Waals surface area (Å²) in [4.78, 5) is 28.5. The molecule has 1 aromatic rings. The summed E-state index contributed by atoms with van der Waals surface area (Å²) in [6, 6.07) is 9.12. The van der Waals surface area contributed by atoms with Gasteiger partial charge < -0.3 is 19.7 Å². The van der Waals surface area contributed by atoms with E-state index in [2.05, 4.69) is 10.2 Å². The second-order valence-electron chi connectivity index (χ2n) is 6.34. The van der Waals surface area contributed by atoms with Gasteiger partial charge in [-0.05, 0) is 5.56 Å². The van der Waals surface area contributed by atoms with Gasteiger partial charge in [0.15, 0.2) is 6.10 Å². The number of nitrogens with one attached hydrogen (secondary N) is 1. The predicted molar refractivity (Wildman–Crippen MR) is 92.0 cm³/mol. The Morgan fingerprint density at radius 1 is 1.24 bits per heavy atom. The highest BCUT2D eigenvalue weighted by molar-refractivity contribution is 5.86. The number of carbonyl (C=O) groups is 2. The Balaban J connectivity index is 1.61. The zero-order valence-electron chi connectivity index (χ0n) is 14.5. The van der Waals surface area contributed by atoms with Crippen LogP contribution in [0.15, 0.2) is 30.3 Å². The molecule has 2 saturated heterocycles. The van der Waals surface area contributed by atoms with Gasteiger partial charge in [0.2, 0.25) is 5.91 Å². The zero-order chi connectivity index (χ0) is 17.6. The molecule has 7 heteroatoms. The van der Waals surface area contributed by atoms with Gasteiger partial charge in [-0.25, -0.2) is 0 Å². The van der Waals surface area contributed by atoms with E-state index in [9.17, 15) is 9.59 Å². The van der Waals surface area contributed by atoms with Crippen LogP contribution in [0.1, 0.15) is 11.6 Å². The van der Waals surface area contributed by atoms with E-state index in [0.717, 1.165) is 38.4 Å². The first-order valence-corrected chi connectivity index (χ1v) is 8.67. The quantitative estimate of drug-likeness (QED) is 0.814. The molecular weight excluding hydrogens is 322 g/mol. The molecule has 2 aliphatic rings. The van der Waals surface area contributed by atoms with Crippen molar-refractivity contribution in [3.63, 3.8) is 0 Å². The molecule has 2 aliphatic heterocycles. The molecule has 0 radical (unpaired) electrons. The van der Waals surface area contributed by atoms with E-state index in [1.807, 2.05) is 30.3 Å². The SMILES string of the molecule is CN1C(=O)COC(C(=O)NCCN2CCOCC2)C1c1ccccc1. The van der Waals surface area contributed by atoms with Gasteiger partial charge in [-0.2, -0.15) is 0 Å². The lowest BCUT2D eigenvalue weighted by molar-refractivity contribution is -0.162. The molecule has 0 spiro atoms. The third-order valence-electron chi connectivity index (χ3n) is 4.71. The maximum Gasteiger partial charge on any atom is 0.251 e. The van der Waals surface area contributed by atoms with Crippen molar-refractivity contribution in [2.45, 2.75) is 12.1 Å². The summed E-state index contributed by atoms with van der Waals surface area (Å²) in [5.41, 5.74) is 0.895. The lowest BCUT2D eigenvalue weighted by Crippen LogP contribution is -2.53. The summed E-state index contributed by atoms with van der Waals surface area (Å²) in [5.74, 6) is -0.298. The van der Waals surface area contributed by atoms with Crippen molar-refractivity contribution >= 4 is 11.8 Å². The van der Waals surface area contributed by atoms with Crippen molar-refractivity contribution in [2.24, 2.45) is 0 Å². The first kappa shape index (κ1) is 17.8. The maximum absolute atomic E-state index is 12.7. The Labute approximate surface area is 147 Å². The van der Waals surface area contributed by atoms with Crippen LogP contribution in [0.5, 0.6) is 0 Å². The number of benzene rings is 1. The molecule has 2 heterocycles. The summed E-state index contributed by atoms with van der Waals surface area (Å²) in [5, 5.41) is 2.95. The molecular formula is C18H25N3O4. The second-order valence-corrected chi connectivity index (χ2v) is 6.34. The van der Waals surface area contributed by atoms with Crippen LogP contribution in [0.4, 0.5) is 0 Å². The second kappa shape index (κ2) is 8.42. The van der Waals surface area contributed by atoms with Crippen molar-refractivity contribution in [1.82, 2.24) is 15.1 Å². The van der Waals surface area contributed by atoms with Crippen molar-refractivity contribution < 1.29 is 19.1 Å². The summed E-state index contributed by atoms with van der Waals surface area (Å²) in [7, 11) is 1.72. The third-order valence-corrected chi connectivity index (χ3v) is 4.71. The Morgan fingerprint density at radius 2 is 1.96 bits per heavy atom. The number of nitrogens with zero attached hydrogens (tertiary/aromatic N) is 2. The summed E-state index contributed by atoms with van der Waals surface area (Å²) in [6.45, 7) is 4.52. The molecule has 1 N–H and O–H groups in total. The van der Waals surface area contributed by atoms with E-state index in [4.69, 9.17) is 9.47 Å². The maximum atomic E-state index is 12.7. The van der Waals surface area contributed by atoms with E-state index in [-0.39, 0.29) is 18.4 Å². The van der Waals surface area contributed by atoms with Gasteiger partial charge in [0.25, 0.3) is 5.91 Å². The standard InChI is InChI=1S/C18H25N3O4/c1-20-15(22)13-25-17(16(20)14-5-3-2-4-6-14)18(23)19-7-8-21-9-11-24-12-10-21/h2-6,16-17H,7-13H2,1H3,(H,19,23). The highest BCUT2D eigenvalue weighted by atomic mass is 16.5. The minimum Gasteiger partial charge on any atom is -0.379 e. The molecule has 1 aromatic carbocycles. The Morgan fingerprint density at radius 3 is 2.68 bits per heavy atom. The van der Waals surface area contributed by atoms with E-state index < -0.39 is 12.1 Å². The topological polar surface area (TPSA) is 71.1 Å². The predicted octanol–water partition coefficient (Wildman–Crippen LogP) is 0.0333. The highest BCUT2D eigenvalue weighted by Crippen LogP contribution is 2.28. The van der Waals surface area contributed by atoms with E-state index >= 15 is 0 Å². The van der Waals surface area contributed by atoms with Gasteiger partial charge in [0.1, 0.15) is 6.61 Å². The molecule has 0 aliphatic carbocycles. The van der Waals surface area contributed by atoms with E-state index in [1.165, 1.54) is 0 Å². The Hall–Kier alpha value is -1.96. The number of ether oxygens (including phenoxy) is 2. The molecule has 3 rings (SSSR count). The number of morpholine rings is 2. The van der Waals surface area contributed by atoms with Crippen molar-refractivity contribution in [3.8, 4) is 0 Å². The number of amides is 2. The number of hydrogen-bond acceptors (Lipinski definition) is 5. The molecule has 7 nitrogen and oxygen atoms in total. The summed E-state index contributed by atoms with van der Waals surface area (Å²) in [6.07, 6.45) is -0.699. The minimum absolute atomic E-state index is 0.0681. The molecule has 0 bridgehead atoms. The van der Waals surface area contributed by atoms with Crippen LogP contribution in [0.3, 0.4) is 0 Å². The lowest BCUT2D eigenvalue weighted by atomic mass is 9.97. The Bertz CT molecular complexity index is 589. The zero-order valence-corrected chi connectivity index (χ0v) is 14.5. The first-order valence-electron chi connectivity index (χ1n) is 8.67. The fraction of sp³-hybridized carbons (Fsp3) is 0.556. The number of hydrogen-bond donors (Lipinski definition) is 1. The van der Waals surface area contributed by atoms with E-state index in [1.54, 1.807) is 11.9 Å². The van der Waals surface area contributed by atoms with Gasteiger partial charge in [-0.3, -0.25) is 14.5 Å². The minimum atomic E-state index is -0.699. The third kappa shape index (κ3) is 4.36. The average molecular weight is 347 g/mol. The summed E-state index contributed by atoms with van der Waals surface area (Å²) < 4.78 is 10.9. The molecule has 2 amide bonds. The van der Waals surface area contributed by atoms with Crippen LogP contribution >= 0.6 is 0 Å². The van der Waals surface area contributed by atoms with Gasteiger partial charge in [-0.1, -0.05) is 30.3 Å².